The van der Waals surface area contributed by atoms with E-state index in [-0.39, 0.29) is 11.9 Å². The molecular weight excluding hydrogens is 385 g/mol. The van der Waals surface area contributed by atoms with Crippen LogP contribution in [0.2, 0.25) is 10.0 Å². The van der Waals surface area contributed by atoms with Gasteiger partial charge in [-0.25, -0.2) is 16.3 Å². The number of nitrogens with zero attached hydrogens (tertiary/aromatic N) is 2. The van der Waals surface area contributed by atoms with Crippen LogP contribution in [0.1, 0.15) is 23.6 Å². The highest BCUT2D eigenvalue weighted by molar-refractivity contribution is 6.34. The topological polar surface area (TPSA) is 68.8 Å². The number of benzene rings is 2. The third kappa shape index (κ3) is 5.20. The van der Waals surface area contributed by atoms with E-state index in [1.54, 1.807) is 12.3 Å². The van der Waals surface area contributed by atoms with E-state index in [9.17, 15) is 4.79 Å². The molecule has 3 N–H and O–H groups in total. The van der Waals surface area contributed by atoms with Gasteiger partial charge in [0.25, 0.3) is 5.91 Å². The predicted octanol–water partition coefficient (Wildman–Crippen LogP) is 3.12. The van der Waals surface area contributed by atoms with Crippen molar-refractivity contribution in [2.75, 3.05) is 19.0 Å². The summed E-state index contributed by atoms with van der Waals surface area (Å²) in [5.41, 5.74) is 11.6. The van der Waals surface area contributed by atoms with E-state index in [1.807, 2.05) is 55.4 Å². The molecule has 1 amide bonds. The van der Waals surface area contributed by atoms with Gasteiger partial charge in [0, 0.05) is 35.9 Å². The van der Waals surface area contributed by atoms with Gasteiger partial charge in [0.15, 0.2) is 0 Å². The summed E-state index contributed by atoms with van der Waals surface area (Å²) >= 11 is 12.1. The highest BCUT2D eigenvalue weighted by Crippen LogP contribution is 2.28. The van der Waals surface area contributed by atoms with Crippen LogP contribution in [0.25, 0.3) is 0 Å². The Morgan fingerprint density at radius 3 is 2.44 bits per heavy atom. The summed E-state index contributed by atoms with van der Waals surface area (Å²) in [4.78, 5) is 14.3. The molecule has 1 fully saturated rings. The van der Waals surface area contributed by atoms with Crippen molar-refractivity contribution < 1.29 is 4.79 Å². The highest BCUT2D eigenvalue weighted by Gasteiger charge is 2.30. The molecule has 3 rings (SSSR count). The Balaban J connectivity index is 1.54. The lowest BCUT2D eigenvalue weighted by atomic mass is 10.0. The van der Waals surface area contributed by atoms with Crippen molar-refractivity contribution in [1.29, 1.82) is 0 Å². The van der Waals surface area contributed by atoms with Gasteiger partial charge in [-0.3, -0.25) is 4.79 Å². The van der Waals surface area contributed by atoms with Gasteiger partial charge in [-0.2, -0.15) is 5.10 Å². The molecule has 142 valence electrons. The minimum atomic E-state index is -0.402. The molecule has 27 heavy (non-hydrogen) atoms. The number of hydrogen-bond acceptors (Lipinski definition) is 5. The third-order valence-corrected chi connectivity index (χ3v) is 4.74. The van der Waals surface area contributed by atoms with Crippen LogP contribution in [-0.2, 0) is 4.79 Å². The molecule has 2 unspecified atom stereocenters. The van der Waals surface area contributed by atoms with Gasteiger partial charge in [-0.15, -0.1) is 0 Å². The Labute approximate surface area is 168 Å². The summed E-state index contributed by atoms with van der Waals surface area (Å²) in [5, 5.41) is 5.17. The monoisotopic (exact) mass is 405 g/mol. The van der Waals surface area contributed by atoms with Crippen LogP contribution in [-0.4, -0.2) is 32.3 Å². The summed E-state index contributed by atoms with van der Waals surface area (Å²) in [6, 6.07) is 12.8. The van der Waals surface area contributed by atoms with Crippen LogP contribution < -0.4 is 21.2 Å². The molecule has 0 radical (unpaired) electrons. The van der Waals surface area contributed by atoms with Crippen molar-refractivity contribution >= 4 is 41.0 Å². The Morgan fingerprint density at radius 2 is 1.81 bits per heavy atom. The first-order chi connectivity index (χ1) is 12.9. The summed E-state index contributed by atoms with van der Waals surface area (Å²) < 4.78 is 0. The number of anilines is 1. The molecule has 2 aromatic carbocycles. The first-order valence-electron chi connectivity index (χ1n) is 8.50. The zero-order chi connectivity index (χ0) is 19.4. The van der Waals surface area contributed by atoms with Crippen molar-refractivity contribution in [2.24, 2.45) is 5.10 Å². The number of carbonyl (C=O) groups excluding carboxylic acids is 1. The molecule has 2 atom stereocenters. The molecule has 6 nitrogen and oxygen atoms in total. The molecular formula is C19H21Cl2N5O. The molecule has 1 saturated heterocycles. The number of hydrazone groups is 1. The van der Waals surface area contributed by atoms with Crippen LogP contribution in [0.5, 0.6) is 0 Å². The van der Waals surface area contributed by atoms with E-state index in [0.717, 1.165) is 16.8 Å². The Bertz CT molecular complexity index is 818. The quantitative estimate of drug-likeness (QED) is 0.527. The van der Waals surface area contributed by atoms with Crippen molar-refractivity contribution in [3.05, 3.63) is 63.6 Å². The molecule has 0 bridgehead atoms. The molecule has 0 spiro atoms. The maximum Gasteiger partial charge on any atom is 0.258 e. The molecule has 1 heterocycles. The van der Waals surface area contributed by atoms with E-state index in [1.165, 1.54) is 0 Å². The fourth-order valence-corrected chi connectivity index (χ4v) is 3.37. The molecule has 8 heteroatoms. The van der Waals surface area contributed by atoms with Crippen LogP contribution in [0, 0.1) is 0 Å². The highest BCUT2D eigenvalue weighted by atomic mass is 35.5. The molecule has 0 aliphatic carbocycles. The van der Waals surface area contributed by atoms with Crippen molar-refractivity contribution in [3.8, 4) is 0 Å². The minimum absolute atomic E-state index is 0.0560. The van der Waals surface area contributed by atoms with Crippen LogP contribution in [0.15, 0.2) is 47.6 Å². The smallest absolute Gasteiger partial charge is 0.258 e. The number of nitrogens with one attached hydrogen (secondary N) is 3. The van der Waals surface area contributed by atoms with E-state index < -0.39 is 6.04 Å². The van der Waals surface area contributed by atoms with Crippen LogP contribution >= 0.6 is 23.2 Å². The zero-order valence-corrected chi connectivity index (χ0v) is 16.6. The largest absolute Gasteiger partial charge is 0.378 e. The predicted molar refractivity (Wildman–Crippen MR) is 110 cm³/mol. The SMILES string of the molecule is CN(C)c1ccc(/C=N/NC(=O)C2CC(c3cc(Cl)cc(Cl)c3)NN2)cc1. The Morgan fingerprint density at radius 1 is 1.15 bits per heavy atom. The average molecular weight is 406 g/mol. The van der Waals surface area contributed by atoms with Gasteiger partial charge < -0.3 is 4.90 Å². The Kier molecular flexibility index (Phi) is 6.34. The fourth-order valence-electron chi connectivity index (χ4n) is 2.83. The summed E-state index contributed by atoms with van der Waals surface area (Å²) in [7, 11) is 3.97. The lowest BCUT2D eigenvalue weighted by Crippen LogP contribution is -2.41. The third-order valence-electron chi connectivity index (χ3n) is 4.30. The number of hydrazine groups is 1. The van der Waals surface area contributed by atoms with Crippen molar-refractivity contribution in [2.45, 2.75) is 18.5 Å². The maximum absolute atomic E-state index is 12.3. The second-order valence-corrected chi connectivity index (χ2v) is 7.43. The lowest BCUT2D eigenvalue weighted by molar-refractivity contribution is -0.122. The van der Waals surface area contributed by atoms with E-state index >= 15 is 0 Å². The molecule has 0 saturated carbocycles. The van der Waals surface area contributed by atoms with Crippen LogP contribution in [0.3, 0.4) is 0 Å². The normalized spacial score (nSPS) is 19.4. The summed E-state index contributed by atoms with van der Waals surface area (Å²) in [6.45, 7) is 0. The minimum Gasteiger partial charge on any atom is -0.378 e. The standard InChI is InChI=1S/C19H21Cl2N5O/c1-26(2)16-5-3-12(4-6-16)11-22-25-19(27)18-10-17(23-24-18)13-7-14(20)9-15(21)8-13/h3-9,11,17-18,23-24H,10H2,1-2H3,(H,25,27)/b22-11+. The van der Waals surface area contributed by atoms with Gasteiger partial charge in [0.2, 0.25) is 0 Å². The van der Waals surface area contributed by atoms with Gasteiger partial charge in [0.05, 0.1) is 6.21 Å². The number of carbonyl (C=O) groups is 1. The number of hydrogen-bond donors (Lipinski definition) is 3. The van der Waals surface area contributed by atoms with Gasteiger partial charge in [0.1, 0.15) is 6.04 Å². The summed E-state index contributed by atoms with van der Waals surface area (Å²) in [5.74, 6) is -0.209. The summed E-state index contributed by atoms with van der Waals surface area (Å²) in [6.07, 6.45) is 2.18. The van der Waals surface area contributed by atoms with E-state index in [0.29, 0.717) is 16.5 Å². The van der Waals surface area contributed by atoms with Crippen molar-refractivity contribution in [1.82, 2.24) is 16.3 Å². The van der Waals surface area contributed by atoms with Gasteiger partial charge >= 0.3 is 0 Å². The van der Waals surface area contributed by atoms with Gasteiger partial charge in [-0.05, 0) is 47.9 Å². The number of halogens is 2. The first kappa shape index (κ1) is 19.6. The second kappa shape index (κ2) is 8.71. The number of rotatable bonds is 5. The fraction of sp³-hybridized carbons (Fsp3) is 0.263. The van der Waals surface area contributed by atoms with E-state index in [4.69, 9.17) is 23.2 Å². The van der Waals surface area contributed by atoms with Crippen LogP contribution in [0.4, 0.5) is 5.69 Å². The maximum atomic E-state index is 12.3. The van der Waals surface area contributed by atoms with E-state index in [2.05, 4.69) is 21.4 Å². The van der Waals surface area contributed by atoms with Crippen molar-refractivity contribution in [3.63, 3.8) is 0 Å². The van der Waals surface area contributed by atoms with Gasteiger partial charge in [-0.1, -0.05) is 35.3 Å². The second-order valence-electron chi connectivity index (χ2n) is 6.55. The molecule has 1 aliphatic heterocycles. The molecule has 2 aromatic rings. The number of amides is 1. The molecule has 0 aromatic heterocycles. The lowest BCUT2D eigenvalue weighted by Gasteiger charge is -2.11. The first-order valence-corrected chi connectivity index (χ1v) is 9.25. The Hall–Kier alpha value is -2.12. The average Bonchev–Trinajstić information content (AvgIpc) is 3.11. The molecule has 1 aliphatic rings. The zero-order valence-electron chi connectivity index (χ0n) is 15.0.